The van der Waals surface area contributed by atoms with E-state index in [1.54, 1.807) is 11.8 Å². The van der Waals surface area contributed by atoms with Gasteiger partial charge in [-0.2, -0.15) is 0 Å². The van der Waals surface area contributed by atoms with Crippen molar-refractivity contribution in [2.75, 3.05) is 24.7 Å². The zero-order valence-corrected chi connectivity index (χ0v) is 11.4. The molecule has 0 aromatic heterocycles. The molecule has 0 bridgehead atoms. The second-order valence-electron chi connectivity index (χ2n) is 5.37. The second-order valence-corrected chi connectivity index (χ2v) is 6.39. The first-order chi connectivity index (χ1) is 8.71. The summed E-state index contributed by atoms with van der Waals surface area (Å²) in [4.78, 5) is 12.6. The first-order valence-electron chi connectivity index (χ1n) is 6.41. The molecule has 0 unspecified atom stereocenters. The number of thioether (sulfide) groups is 1. The van der Waals surface area contributed by atoms with Crippen molar-refractivity contribution >= 4 is 23.4 Å². The molecule has 1 saturated carbocycles. The zero-order chi connectivity index (χ0) is 12.6. The van der Waals surface area contributed by atoms with Gasteiger partial charge in [-0.25, -0.2) is 0 Å². The molecule has 1 aromatic rings. The monoisotopic (exact) mass is 262 g/mol. The van der Waals surface area contributed by atoms with Crippen LogP contribution >= 0.6 is 11.8 Å². The Morgan fingerprint density at radius 2 is 2.28 bits per heavy atom. The van der Waals surface area contributed by atoms with Crippen molar-refractivity contribution in [2.24, 2.45) is 5.41 Å². The average Bonchev–Trinajstić information content (AvgIpc) is 3.09. The average molecular weight is 262 g/mol. The number of hydrogen-bond acceptors (Lipinski definition) is 3. The number of anilines is 1. The Bertz CT molecular complexity index is 483. The third-order valence-corrected chi connectivity index (χ3v) is 4.84. The predicted octanol–water partition coefficient (Wildman–Crippen LogP) is 2.27. The van der Waals surface area contributed by atoms with Crippen LogP contribution in [0.3, 0.4) is 0 Å². The Labute approximate surface area is 112 Å². The number of carbonyl (C=O) groups is 1. The van der Waals surface area contributed by atoms with Gasteiger partial charge in [0.1, 0.15) is 0 Å². The van der Waals surface area contributed by atoms with E-state index in [0.717, 1.165) is 18.7 Å². The molecular weight excluding hydrogens is 244 g/mol. The summed E-state index contributed by atoms with van der Waals surface area (Å²) in [7, 11) is 2.02. The van der Waals surface area contributed by atoms with E-state index in [2.05, 4.69) is 28.8 Å². The fourth-order valence-electron chi connectivity index (χ4n) is 2.64. The van der Waals surface area contributed by atoms with Gasteiger partial charge in [-0.3, -0.25) is 4.79 Å². The molecule has 2 aliphatic rings. The van der Waals surface area contributed by atoms with Crippen LogP contribution in [0.15, 0.2) is 23.1 Å². The number of benzene rings is 1. The normalized spacial score (nSPS) is 20.2. The zero-order valence-electron chi connectivity index (χ0n) is 10.6. The lowest BCUT2D eigenvalue weighted by molar-refractivity contribution is -0.113. The third-order valence-electron chi connectivity index (χ3n) is 3.76. The van der Waals surface area contributed by atoms with Crippen LogP contribution in [-0.2, 0) is 11.2 Å². The molecule has 0 radical (unpaired) electrons. The highest BCUT2D eigenvalue weighted by molar-refractivity contribution is 8.00. The minimum atomic E-state index is 0.112. The molecule has 1 aliphatic carbocycles. The van der Waals surface area contributed by atoms with Gasteiger partial charge in [-0.1, -0.05) is 6.07 Å². The summed E-state index contributed by atoms with van der Waals surface area (Å²) in [6.45, 7) is 1.09. The van der Waals surface area contributed by atoms with Crippen LogP contribution < -0.4 is 10.6 Å². The van der Waals surface area contributed by atoms with Crippen LogP contribution in [0, 0.1) is 5.41 Å². The van der Waals surface area contributed by atoms with Crippen LogP contribution in [0.4, 0.5) is 5.69 Å². The van der Waals surface area contributed by atoms with Crippen LogP contribution in [0.1, 0.15) is 18.4 Å². The SMILES string of the molecule is CNCC1(Cc2ccc3c(c2)NC(=O)CS3)CC1. The van der Waals surface area contributed by atoms with Gasteiger partial charge in [0, 0.05) is 11.4 Å². The highest BCUT2D eigenvalue weighted by Crippen LogP contribution is 2.48. The lowest BCUT2D eigenvalue weighted by Crippen LogP contribution is -2.22. The van der Waals surface area contributed by atoms with Crippen molar-refractivity contribution in [1.29, 1.82) is 0 Å². The molecule has 96 valence electrons. The van der Waals surface area contributed by atoms with Crippen molar-refractivity contribution < 1.29 is 4.79 Å². The minimum absolute atomic E-state index is 0.112. The molecule has 18 heavy (non-hydrogen) atoms. The van der Waals surface area contributed by atoms with Crippen molar-refractivity contribution in [3.63, 3.8) is 0 Å². The van der Waals surface area contributed by atoms with Gasteiger partial charge in [-0.15, -0.1) is 11.8 Å². The molecule has 4 heteroatoms. The number of rotatable bonds is 4. The molecule has 1 amide bonds. The second kappa shape index (κ2) is 4.59. The van der Waals surface area contributed by atoms with Crippen LogP contribution in [0.2, 0.25) is 0 Å². The van der Waals surface area contributed by atoms with Gasteiger partial charge in [0.15, 0.2) is 0 Å². The highest BCUT2D eigenvalue weighted by Gasteiger charge is 2.41. The lowest BCUT2D eigenvalue weighted by atomic mass is 9.96. The minimum Gasteiger partial charge on any atom is -0.324 e. The van der Waals surface area contributed by atoms with E-state index in [0.29, 0.717) is 11.2 Å². The van der Waals surface area contributed by atoms with Crippen LogP contribution in [-0.4, -0.2) is 25.3 Å². The first kappa shape index (κ1) is 12.1. The summed E-state index contributed by atoms with van der Waals surface area (Å²) in [5, 5.41) is 6.25. The standard InChI is InChI=1S/C14H18N2OS/c1-15-9-14(4-5-14)7-10-2-3-12-11(6-10)16-13(17)8-18-12/h2-3,6,15H,4-5,7-9H2,1H3,(H,16,17). The smallest absolute Gasteiger partial charge is 0.234 e. The predicted molar refractivity (Wildman–Crippen MR) is 75.1 cm³/mol. The molecule has 0 spiro atoms. The maximum Gasteiger partial charge on any atom is 0.234 e. The van der Waals surface area contributed by atoms with Gasteiger partial charge in [-0.05, 0) is 49.4 Å². The van der Waals surface area contributed by atoms with Gasteiger partial charge in [0.05, 0.1) is 11.4 Å². The van der Waals surface area contributed by atoms with Crippen molar-refractivity contribution in [1.82, 2.24) is 5.32 Å². The van der Waals surface area contributed by atoms with Gasteiger partial charge < -0.3 is 10.6 Å². The lowest BCUT2D eigenvalue weighted by Gasteiger charge is -2.19. The number of hydrogen-bond donors (Lipinski definition) is 2. The maximum atomic E-state index is 11.4. The Morgan fingerprint density at radius 1 is 1.44 bits per heavy atom. The third kappa shape index (κ3) is 2.40. The first-order valence-corrected chi connectivity index (χ1v) is 7.40. The summed E-state index contributed by atoms with van der Waals surface area (Å²) >= 11 is 1.62. The maximum absolute atomic E-state index is 11.4. The van der Waals surface area contributed by atoms with E-state index in [4.69, 9.17) is 0 Å². The van der Waals surface area contributed by atoms with Crippen molar-refractivity contribution in [3.8, 4) is 0 Å². The number of fused-ring (bicyclic) bond motifs is 1. The Hall–Kier alpha value is -1.000. The highest BCUT2D eigenvalue weighted by atomic mass is 32.2. The van der Waals surface area contributed by atoms with Crippen LogP contribution in [0.25, 0.3) is 0 Å². The molecule has 3 rings (SSSR count). The molecule has 0 saturated heterocycles. The summed E-state index contributed by atoms with van der Waals surface area (Å²) in [5.41, 5.74) is 2.80. The summed E-state index contributed by atoms with van der Waals surface area (Å²) in [5.74, 6) is 0.650. The number of carbonyl (C=O) groups excluding carboxylic acids is 1. The van der Waals surface area contributed by atoms with Gasteiger partial charge >= 0.3 is 0 Å². The fraction of sp³-hybridized carbons (Fsp3) is 0.500. The van der Waals surface area contributed by atoms with E-state index in [-0.39, 0.29) is 5.91 Å². The molecule has 3 nitrogen and oxygen atoms in total. The molecule has 1 aromatic carbocycles. The molecule has 0 atom stereocenters. The van der Waals surface area contributed by atoms with E-state index in [1.165, 1.54) is 23.3 Å². The molecule has 1 fully saturated rings. The van der Waals surface area contributed by atoms with Gasteiger partial charge in [0.2, 0.25) is 5.91 Å². The van der Waals surface area contributed by atoms with Crippen LogP contribution in [0.5, 0.6) is 0 Å². The number of amides is 1. The van der Waals surface area contributed by atoms with Crippen molar-refractivity contribution in [2.45, 2.75) is 24.2 Å². The van der Waals surface area contributed by atoms with E-state index >= 15 is 0 Å². The fourth-order valence-corrected chi connectivity index (χ4v) is 3.43. The van der Waals surface area contributed by atoms with E-state index < -0.39 is 0 Å². The Balaban J connectivity index is 1.78. The summed E-state index contributed by atoms with van der Waals surface area (Å²) in [6, 6.07) is 6.50. The topological polar surface area (TPSA) is 41.1 Å². The van der Waals surface area contributed by atoms with E-state index in [1.807, 2.05) is 7.05 Å². The summed E-state index contributed by atoms with van der Waals surface area (Å²) in [6.07, 6.45) is 3.74. The largest absolute Gasteiger partial charge is 0.324 e. The van der Waals surface area contributed by atoms with Crippen molar-refractivity contribution in [3.05, 3.63) is 23.8 Å². The Morgan fingerprint density at radius 3 is 3.00 bits per heavy atom. The van der Waals surface area contributed by atoms with Gasteiger partial charge in [0.25, 0.3) is 0 Å². The molecule has 2 N–H and O–H groups in total. The Kier molecular flexibility index (Phi) is 3.08. The van der Waals surface area contributed by atoms with E-state index in [9.17, 15) is 4.79 Å². The molecular formula is C14H18N2OS. The molecule has 1 heterocycles. The molecule has 1 aliphatic heterocycles. The summed E-state index contributed by atoms with van der Waals surface area (Å²) < 4.78 is 0. The number of nitrogens with one attached hydrogen (secondary N) is 2. The quantitative estimate of drug-likeness (QED) is 0.874.